The third-order valence-corrected chi connectivity index (χ3v) is 6.28. The summed E-state index contributed by atoms with van der Waals surface area (Å²) in [4.78, 5) is 16.7. The fraction of sp³-hybridized carbons (Fsp3) is 0.368. The van der Waals surface area contributed by atoms with Crippen LogP contribution in [0.3, 0.4) is 0 Å². The zero-order valence-corrected chi connectivity index (χ0v) is 16.9. The van der Waals surface area contributed by atoms with Crippen molar-refractivity contribution in [2.75, 3.05) is 5.75 Å². The second kappa shape index (κ2) is 9.75. The second-order valence-electron chi connectivity index (χ2n) is 6.41. The molecular weight excluding hydrogens is 376 g/mol. The van der Waals surface area contributed by atoms with Crippen molar-refractivity contribution < 1.29 is 0 Å². The highest BCUT2D eigenvalue weighted by Crippen LogP contribution is 2.26. The van der Waals surface area contributed by atoms with Crippen LogP contribution in [-0.2, 0) is 12.8 Å². The van der Waals surface area contributed by atoms with Gasteiger partial charge in [-0.15, -0.1) is 0 Å². The first-order valence-electron chi connectivity index (χ1n) is 8.84. The Kier molecular flexibility index (Phi) is 7.11. The highest BCUT2D eigenvalue weighted by Gasteiger charge is 2.24. The number of aromatic nitrogens is 2. The second-order valence-corrected chi connectivity index (χ2v) is 8.85. The van der Waals surface area contributed by atoms with E-state index in [1.165, 1.54) is 11.1 Å². The van der Waals surface area contributed by atoms with Crippen LogP contribution in [0.15, 0.2) is 59.0 Å². The van der Waals surface area contributed by atoms with Gasteiger partial charge in [0, 0.05) is 35.8 Å². The predicted octanol–water partition coefficient (Wildman–Crippen LogP) is 2.50. The Labute approximate surface area is 168 Å². The lowest BCUT2D eigenvalue weighted by atomic mass is 10.1. The third-order valence-electron chi connectivity index (χ3n) is 4.29. The Balaban J connectivity index is 0.000000156. The molecule has 4 N–H and O–H groups in total. The molecule has 2 aliphatic heterocycles. The normalized spacial score (nSPS) is 24.0. The quantitative estimate of drug-likeness (QED) is 0.817. The Bertz CT molecular complexity index is 781. The molecule has 0 amide bonds. The van der Waals surface area contributed by atoms with Crippen LogP contribution in [0.2, 0.25) is 0 Å². The van der Waals surface area contributed by atoms with Gasteiger partial charge >= 0.3 is 0 Å². The van der Waals surface area contributed by atoms with E-state index in [2.05, 4.69) is 26.9 Å². The Morgan fingerprint density at radius 3 is 1.96 bits per heavy atom. The van der Waals surface area contributed by atoms with E-state index < -0.39 is 0 Å². The van der Waals surface area contributed by atoms with E-state index in [9.17, 15) is 0 Å². The van der Waals surface area contributed by atoms with Gasteiger partial charge in [0.25, 0.3) is 0 Å². The molecule has 8 heteroatoms. The molecule has 0 bridgehead atoms. The molecule has 0 saturated heterocycles. The van der Waals surface area contributed by atoms with E-state index in [0.29, 0.717) is 17.3 Å². The minimum absolute atomic E-state index is 0.322. The maximum atomic E-state index is 5.67. The summed E-state index contributed by atoms with van der Waals surface area (Å²) in [5.41, 5.74) is 13.8. The zero-order valence-electron chi connectivity index (χ0n) is 15.2. The fourth-order valence-electron chi connectivity index (χ4n) is 2.87. The summed E-state index contributed by atoms with van der Waals surface area (Å²) in [5.74, 6) is 1.01. The maximum absolute atomic E-state index is 5.67. The molecule has 0 saturated carbocycles. The lowest BCUT2D eigenvalue weighted by Crippen LogP contribution is -2.16. The number of amidine groups is 2. The number of nitrogens with two attached hydrogens (primary N) is 2. The predicted molar refractivity (Wildman–Crippen MR) is 116 cm³/mol. The van der Waals surface area contributed by atoms with E-state index in [0.717, 1.165) is 28.9 Å². The largest absolute Gasteiger partial charge is 0.379 e. The molecule has 2 aromatic rings. The molecule has 0 unspecified atom stereocenters. The van der Waals surface area contributed by atoms with E-state index in [4.69, 9.17) is 11.5 Å². The van der Waals surface area contributed by atoms with E-state index >= 15 is 0 Å². The molecule has 6 nitrogen and oxygen atoms in total. The third kappa shape index (κ3) is 6.25. The molecule has 0 radical (unpaired) electrons. The number of hydrogen-bond acceptors (Lipinski definition) is 8. The molecule has 0 aliphatic carbocycles. The summed E-state index contributed by atoms with van der Waals surface area (Å²) < 4.78 is 0. The molecule has 2 aliphatic rings. The number of nitrogens with zero attached hydrogens (tertiary/aromatic N) is 4. The van der Waals surface area contributed by atoms with Gasteiger partial charge in [0.15, 0.2) is 10.3 Å². The first-order chi connectivity index (χ1) is 13.1. The Morgan fingerprint density at radius 2 is 1.48 bits per heavy atom. The van der Waals surface area contributed by atoms with Gasteiger partial charge < -0.3 is 11.5 Å². The van der Waals surface area contributed by atoms with Crippen LogP contribution in [0.1, 0.15) is 18.1 Å². The van der Waals surface area contributed by atoms with Crippen LogP contribution in [0.25, 0.3) is 0 Å². The van der Waals surface area contributed by atoms with E-state index in [1.807, 2.05) is 49.1 Å². The van der Waals surface area contributed by atoms with Gasteiger partial charge in [-0.1, -0.05) is 30.4 Å². The number of pyridine rings is 2. The van der Waals surface area contributed by atoms with Crippen LogP contribution in [0.4, 0.5) is 0 Å². The van der Waals surface area contributed by atoms with Gasteiger partial charge in [-0.2, -0.15) is 0 Å². The van der Waals surface area contributed by atoms with Crippen LogP contribution >= 0.6 is 23.5 Å². The SMILES string of the molecule is C[C@H]1SC(N)=N[C@@H]1Cc1ccncc1.NC1=N[C@H](Cc2ccncc2)CS1. The van der Waals surface area contributed by atoms with Crippen molar-refractivity contribution in [1.29, 1.82) is 0 Å². The summed E-state index contributed by atoms with van der Waals surface area (Å²) in [6, 6.07) is 8.78. The highest BCUT2D eigenvalue weighted by atomic mass is 32.2. The molecule has 2 aromatic heterocycles. The molecule has 0 aromatic carbocycles. The Hall–Kier alpha value is -2.06. The minimum Gasteiger partial charge on any atom is -0.379 e. The molecule has 0 fully saturated rings. The van der Waals surface area contributed by atoms with Crippen molar-refractivity contribution in [2.24, 2.45) is 21.5 Å². The summed E-state index contributed by atoms with van der Waals surface area (Å²) >= 11 is 3.30. The fourth-order valence-corrected chi connectivity index (χ4v) is 4.54. The smallest absolute Gasteiger partial charge is 0.154 e. The molecule has 3 atom stereocenters. The van der Waals surface area contributed by atoms with E-state index in [1.54, 1.807) is 23.5 Å². The lowest BCUT2D eigenvalue weighted by molar-refractivity contribution is 0.674. The van der Waals surface area contributed by atoms with E-state index in [-0.39, 0.29) is 0 Å². The van der Waals surface area contributed by atoms with Crippen molar-refractivity contribution in [3.8, 4) is 0 Å². The summed E-state index contributed by atoms with van der Waals surface area (Å²) in [7, 11) is 0. The summed E-state index contributed by atoms with van der Waals surface area (Å²) in [6.45, 7) is 2.17. The maximum Gasteiger partial charge on any atom is 0.154 e. The van der Waals surface area contributed by atoms with Gasteiger partial charge in [0.2, 0.25) is 0 Å². The van der Waals surface area contributed by atoms with Crippen LogP contribution < -0.4 is 11.5 Å². The summed E-state index contributed by atoms with van der Waals surface area (Å²) in [5, 5.41) is 1.93. The average Bonchev–Trinajstić information content (AvgIpc) is 3.22. The standard InChI is InChI=1S/C10H13N3S.C9H11N3S/c1-7-9(13-10(11)14-7)6-8-2-4-12-5-3-8;10-9-12-8(6-13-9)5-7-1-3-11-4-2-7/h2-5,7,9H,6H2,1H3,(H2,11,13);1-4,8H,5-6H2,(H2,10,12)/t7-,9-;8-/m11/s1. The van der Waals surface area contributed by atoms with Gasteiger partial charge in [-0.05, 0) is 48.2 Å². The molecule has 4 heterocycles. The average molecular weight is 401 g/mol. The van der Waals surface area contributed by atoms with Crippen LogP contribution in [0.5, 0.6) is 0 Å². The van der Waals surface area contributed by atoms with Gasteiger partial charge in [-0.25, -0.2) is 0 Å². The van der Waals surface area contributed by atoms with Crippen molar-refractivity contribution in [3.05, 3.63) is 60.2 Å². The van der Waals surface area contributed by atoms with Crippen molar-refractivity contribution in [3.63, 3.8) is 0 Å². The number of thioether (sulfide) groups is 2. The topological polar surface area (TPSA) is 103 Å². The van der Waals surface area contributed by atoms with Gasteiger partial charge in [0.05, 0.1) is 12.1 Å². The molecule has 4 rings (SSSR count). The monoisotopic (exact) mass is 400 g/mol. The van der Waals surface area contributed by atoms with Crippen LogP contribution in [-0.4, -0.2) is 43.4 Å². The molecule has 0 spiro atoms. The Morgan fingerprint density at radius 1 is 0.889 bits per heavy atom. The number of rotatable bonds is 4. The zero-order chi connectivity index (χ0) is 19.1. The van der Waals surface area contributed by atoms with Crippen LogP contribution in [0, 0.1) is 0 Å². The first kappa shape index (κ1) is 19.7. The van der Waals surface area contributed by atoms with Crippen molar-refractivity contribution in [1.82, 2.24) is 9.97 Å². The highest BCUT2D eigenvalue weighted by molar-refractivity contribution is 8.14. The number of hydrogen-bond donors (Lipinski definition) is 2. The van der Waals surface area contributed by atoms with Crippen molar-refractivity contribution >= 4 is 33.9 Å². The summed E-state index contributed by atoms with van der Waals surface area (Å²) in [6.07, 6.45) is 9.17. The molecule has 27 heavy (non-hydrogen) atoms. The first-order valence-corrected chi connectivity index (χ1v) is 10.7. The minimum atomic E-state index is 0.322. The number of aliphatic imine (C=N–C) groups is 2. The van der Waals surface area contributed by atoms with Gasteiger partial charge in [0.1, 0.15) is 0 Å². The molecular formula is C19H24N6S2. The van der Waals surface area contributed by atoms with Crippen molar-refractivity contribution in [2.45, 2.75) is 37.1 Å². The van der Waals surface area contributed by atoms with Gasteiger partial charge in [-0.3, -0.25) is 20.0 Å². The lowest BCUT2D eigenvalue weighted by Gasteiger charge is -2.11. The molecule has 142 valence electrons.